The van der Waals surface area contributed by atoms with Gasteiger partial charge in [0.05, 0.1) is 5.52 Å². The molecule has 0 aliphatic heterocycles. The van der Waals surface area contributed by atoms with Gasteiger partial charge in [-0.25, -0.2) is 9.98 Å². The van der Waals surface area contributed by atoms with Crippen molar-refractivity contribution in [2.75, 3.05) is 5.32 Å². The molecule has 1 heterocycles. The minimum atomic E-state index is 0.720. The van der Waals surface area contributed by atoms with E-state index in [0.717, 1.165) is 44.0 Å². The van der Waals surface area contributed by atoms with E-state index in [0.29, 0.717) is 0 Å². The van der Waals surface area contributed by atoms with Crippen molar-refractivity contribution in [3.8, 4) is 0 Å². The van der Waals surface area contributed by atoms with E-state index in [-0.39, 0.29) is 0 Å². The van der Waals surface area contributed by atoms with Crippen LogP contribution in [0.2, 0.25) is 0 Å². The summed E-state index contributed by atoms with van der Waals surface area (Å²) in [6, 6.07) is 8.41. The van der Waals surface area contributed by atoms with Crippen LogP contribution in [-0.2, 0) is 0 Å². The lowest BCUT2D eigenvalue weighted by Crippen LogP contribution is -2.09. The third-order valence-corrected chi connectivity index (χ3v) is 7.53. The molecule has 1 saturated carbocycles. The SMILES string of the molecule is C=C(/C=C(C)\N=C(/C)Nc1ccc2c(/C(C)=C(\C)C(=C)C)c(C)ccc2n1)SC1CCCC1. The Balaban J connectivity index is 1.80. The largest absolute Gasteiger partial charge is 0.329 e. The molecule has 0 bridgehead atoms. The van der Waals surface area contributed by atoms with Crippen molar-refractivity contribution in [2.45, 2.75) is 72.5 Å². The van der Waals surface area contributed by atoms with Crippen LogP contribution in [0.15, 0.2) is 70.2 Å². The Morgan fingerprint density at radius 3 is 2.42 bits per heavy atom. The van der Waals surface area contributed by atoms with Gasteiger partial charge < -0.3 is 5.32 Å². The third-order valence-electron chi connectivity index (χ3n) is 6.30. The molecule has 1 aromatic heterocycles. The van der Waals surface area contributed by atoms with Crippen molar-refractivity contribution in [3.05, 3.63) is 76.4 Å². The van der Waals surface area contributed by atoms with Crippen LogP contribution in [0.3, 0.4) is 0 Å². The van der Waals surface area contributed by atoms with E-state index in [9.17, 15) is 0 Å². The zero-order valence-corrected chi connectivity index (χ0v) is 21.8. The Morgan fingerprint density at radius 1 is 1.06 bits per heavy atom. The summed E-state index contributed by atoms with van der Waals surface area (Å²) in [6.07, 6.45) is 7.38. The molecular weight excluding hydrogens is 422 g/mol. The molecule has 1 aromatic carbocycles. The number of aliphatic imine (C=N–C) groups is 1. The van der Waals surface area contributed by atoms with E-state index in [1.807, 2.05) is 31.7 Å². The first-order valence-electron chi connectivity index (χ1n) is 11.8. The van der Waals surface area contributed by atoms with Crippen LogP contribution in [0.25, 0.3) is 16.5 Å². The lowest BCUT2D eigenvalue weighted by atomic mass is 9.92. The highest BCUT2D eigenvalue weighted by molar-refractivity contribution is 8.03. The number of pyridine rings is 1. The number of hydrogen-bond donors (Lipinski definition) is 1. The predicted molar refractivity (Wildman–Crippen MR) is 149 cm³/mol. The number of allylic oxidation sites excluding steroid dienone is 5. The number of nitrogens with zero attached hydrogens (tertiary/aromatic N) is 2. The summed E-state index contributed by atoms with van der Waals surface area (Å²) < 4.78 is 0. The van der Waals surface area contributed by atoms with Crippen molar-refractivity contribution >= 4 is 39.9 Å². The van der Waals surface area contributed by atoms with Gasteiger partial charge in [0.1, 0.15) is 11.7 Å². The van der Waals surface area contributed by atoms with Crippen LogP contribution in [0.4, 0.5) is 5.82 Å². The highest BCUT2D eigenvalue weighted by Crippen LogP contribution is 2.34. The van der Waals surface area contributed by atoms with Crippen molar-refractivity contribution < 1.29 is 0 Å². The van der Waals surface area contributed by atoms with E-state index in [1.165, 1.54) is 48.0 Å². The monoisotopic (exact) mass is 459 g/mol. The van der Waals surface area contributed by atoms with E-state index in [2.05, 4.69) is 70.4 Å². The fourth-order valence-electron chi connectivity index (χ4n) is 4.39. The summed E-state index contributed by atoms with van der Waals surface area (Å²) in [4.78, 5) is 10.7. The number of aryl methyl sites for hydroxylation is 1. The van der Waals surface area contributed by atoms with Gasteiger partial charge in [-0.3, -0.25) is 0 Å². The fourth-order valence-corrected chi connectivity index (χ4v) is 5.62. The highest BCUT2D eigenvalue weighted by atomic mass is 32.2. The number of amidine groups is 1. The molecule has 0 spiro atoms. The van der Waals surface area contributed by atoms with Gasteiger partial charge in [-0.15, -0.1) is 11.8 Å². The number of rotatable bonds is 7. The zero-order chi connectivity index (χ0) is 24.1. The summed E-state index contributed by atoms with van der Waals surface area (Å²) >= 11 is 1.89. The van der Waals surface area contributed by atoms with Crippen molar-refractivity contribution in [1.82, 2.24) is 4.98 Å². The Bertz CT molecular complexity index is 1160. The van der Waals surface area contributed by atoms with Crippen LogP contribution in [0, 0.1) is 6.92 Å². The lowest BCUT2D eigenvalue weighted by molar-refractivity contribution is 0.886. The molecule has 1 N–H and O–H groups in total. The first kappa shape index (κ1) is 25.0. The maximum atomic E-state index is 4.86. The maximum absolute atomic E-state index is 4.86. The molecule has 2 aromatic rings. The van der Waals surface area contributed by atoms with Crippen LogP contribution >= 0.6 is 11.8 Å². The summed E-state index contributed by atoms with van der Waals surface area (Å²) in [5.41, 5.74) is 7.98. The number of anilines is 1. The Morgan fingerprint density at radius 2 is 1.76 bits per heavy atom. The minimum Gasteiger partial charge on any atom is -0.329 e. The van der Waals surface area contributed by atoms with E-state index >= 15 is 0 Å². The van der Waals surface area contributed by atoms with Gasteiger partial charge in [-0.2, -0.15) is 0 Å². The Kier molecular flexibility index (Phi) is 8.36. The molecule has 3 rings (SSSR count). The molecule has 0 saturated heterocycles. The summed E-state index contributed by atoms with van der Waals surface area (Å²) in [7, 11) is 0. The van der Waals surface area contributed by atoms with Gasteiger partial charge in [-0.05, 0) is 101 Å². The average molecular weight is 460 g/mol. The summed E-state index contributed by atoms with van der Waals surface area (Å²) in [5, 5.41) is 5.23. The number of hydrogen-bond acceptors (Lipinski definition) is 3. The average Bonchev–Trinajstić information content (AvgIpc) is 3.25. The predicted octanol–water partition coefficient (Wildman–Crippen LogP) is 8.84. The van der Waals surface area contributed by atoms with Crippen LogP contribution < -0.4 is 5.32 Å². The van der Waals surface area contributed by atoms with Crippen molar-refractivity contribution in [1.29, 1.82) is 0 Å². The molecular formula is C29H37N3S. The lowest BCUT2D eigenvalue weighted by Gasteiger charge is -2.15. The van der Waals surface area contributed by atoms with Crippen molar-refractivity contribution in [2.24, 2.45) is 4.99 Å². The molecule has 33 heavy (non-hydrogen) atoms. The number of fused-ring (bicyclic) bond motifs is 1. The molecule has 4 heteroatoms. The highest BCUT2D eigenvalue weighted by Gasteiger charge is 2.16. The number of aromatic nitrogens is 1. The molecule has 0 amide bonds. The van der Waals surface area contributed by atoms with Crippen LogP contribution in [0.1, 0.15) is 71.4 Å². The number of nitrogens with one attached hydrogen (secondary N) is 1. The maximum Gasteiger partial charge on any atom is 0.131 e. The first-order valence-corrected chi connectivity index (χ1v) is 12.6. The normalized spacial score (nSPS) is 16.2. The smallest absolute Gasteiger partial charge is 0.131 e. The molecule has 1 aliphatic carbocycles. The molecule has 0 radical (unpaired) electrons. The van der Waals surface area contributed by atoms with Crippen LogP contribution in [-0.4, -0.2) is 16.1 Å². The van der Waals surface area contributed by atoms with Gasteiger partial charge in [0, 0.05) is 21.2 Å². The molecule has 174 valence electrons. The molecule has 1 aliphatic rings. The first-order chi connectivity index (χ1) is 15.7. The van der Waals surface area contributed by atoms with E-state index < -0.39 is 0 Å². The summed E-state index contributed by atoms with van der Waals surface area (Å²) in [5.74, 6) is 1.61. The minimum absolute atomic E-state index is 0.720. The van der Waals surface area contributed by atoms with E-state index in [4.69, 9.17) is 9.98 Å². The number of benzene rings is 1. The molecule has 0 unspecified atom stereocenters. The van der Waals surface area contributed by atoms with Gasteiger partial charge >= 0.3 is 0 Å². The van der Waals surface area contributed by atoms with Gasteiger partial charge in [0.2, 0.25) is 0 Å². The molecule has 1 fully saturated rings. The standard InChI is InChI=1S/C29H37N3S/c1-18(2)22(6)23(7)29-19(3)13-15-27-26(29)14-16-28(32-27)31-24(8)30-20(4)17-21(5)33-25-11-9-10-12-25/h13-17,25H,1,5,9-12H2,2-4,6-8H3,(H,30,31,32)/b20-17-,23-22+. The summed E-state index contributed by atoms with van der Waals surface area (Å²) in [6.45, 7) is 20.8. The Labute approximate surface area is 203 Å². The van der Waals surface area contributed by atoms with Gasteiger partial charge in [0.25, 0.3) is 0 Å². The van der Waals surface area contributed by atoms with Gasteiger partial charge in [-0.1, -0.05) is 37.6 Å². The molecule has 0 atom stereocenters. The van der Waals surface area contributed by atoms with Crippen LogP contribution in [0.5, 0.6) is 0 Å². The second-order valence-corrected chi connectivity index (χ2v) is 10.6. The van der Waals surface area contributed by atoms with Crippen molar-refractivity contribution in [3.63, 3.8) is 0 Å². The fraction of sp³-hybridized carbons (Fsp3) is 0.379. The van der Waals surface area contributed by atoms with Gasteiger partial charge in [0.15, 0.2) is 0 Å². The number of thioether (sulfide) groups is 1. The third kappa shape index (κ3) is 6.48. The topological polar surface area (TPSA) is 37.3 Å². The second kappa shape index (κ2) is 11.0. The van der Waals surface area contributed by atoms with E-state index in [1.54, 1.807) is 0 Å². The zero-order valence-electron chi connectivity index (χ0n) is 21.0. The Hall–Kier alpha value is -2.59. The second-order valence-electron chi connectivity index (χ2n) is 9.15. The molecule has 3 nitrogen and oxygen atoms in total. The quantitative estimate of drug-likeness (QED) is 0.255.